The molecule has 0 aromatic carbocycles. The SMILES string of the molecule is CCn1cnc(C(C)CC(=O)O)c1. The molecule has 72 valence electrons. The van der Waals surface area contributed by atoms with Gasteiger partial charge in [-0.15, -0.1) is 0 Å². The lowest BCUT2D eigenvalue weighted by Gasteiger charge is -2.03. The third-order valence-corrected chi connectivity index (χ3v) is 2.00. The zero-order valence-electron chi connectivity index (χ0n) is 7.90. The molecule has 0 saturated heterocycles. The summed E-state index contributed by atoms with van der Waals surface area (Å²) in [5.41, 5.74) is 0.851. The van der Waals surface area contributed by atoms with Crippen molar-refractivity contribution in [1.82, 2.24) is 9.55 Å². The Balaban J connectivity index is 2.65. The molecule has 0 saturated carbocycles. The Kier molecular flexibility index (Phi) is 3.06. The monoisotopic (exact) mass is 182 g/mol. The second kappa shape index (κ2) is 4.07. The molecular weight excluding hydrogens is 168 g/mol. The fourth-order valence-electron chi connectivity index (χ4n) is 1.17. The van der Waals surface area contributed by atoms with E-state index in [1.165, 1.54) is 0 Å². The first-order chi connectivity index (χ1) is 6.13. The number of aryl methyl sites for hydroxylation is 1. The van der Waals surface area contributed by atoms with Crippen molar-refractivity contribution >= 4 is 5.97 Å². The van der Waals surface area contributed by atoms with Crippen molar-refractivity contribution in [2.75, 3.05) is 0 Å². The molecule has 0 amide bonds. The summed E-state index contributed by atoms with van der Waals surface area (Å²) < 4.78 is 1.94. The minimum atomic E-state index is -0.779. The van der Waals surface area contributed by atoms with Crippen molar-refractivity contribution < 1.29 is 9.90 Å². The van der Waals surface area contributed by atoms with Crippen molar-refractivity contribution in [2.24, 2.45) is 0 Å². The minimum absolute atomic E-state index is 0.00898. The normalized spacial score (nSPS) is 12.8. The third kappa shape index (κ3) is 2.57. The fourth-order valence-corrected chi connectivity index (χ4v) is 1.17. The second-order valence-corrected chi connectivity index (χ2v) is 3.13. The number of hydrogen-bond acceptors (Lipinski definition) is 2. The van der Waals surface area contributed by atoms with Crippen LogP contribution in [0.2, 0.25) is 0 Å². The molecule has 1 heterocycles. The molecule has 1 aromatic rings. The molecule has 0 aliphatic rings. The molecule has 1 aromatic heterocycles. The molecule has 4 heteroatoms. The van der Waals surface area contributed by atoms with Gasteiger partial charge in [0.25, 0.3) is 0 Å². The number of aliphatic carboxylic acids is 1. The highest BCUT2D eigenvalue weighted by molar-refractivity contribution is 5.67. The molecular formula is C9H14N2O2. The van der Waals surface area contributed by atoms with Crippen molar-refractivity contribution in [3.8, 4) is 0 Å². The van der Waals surface area contributed by atoms with Crippen LogP contribution in [0.15, 0.2) is 12.5 Å². The first-order valence-electron chi connectivity index (χ1n) is 4.37. The van der Waals surface area contributed by atoms with Crippen LogP contribution in [-0.2, 0) is 11.3 Å². The van der Waals surface area contributed by atoms with Crippen LogP contribution in [0.3, 0.4) is 0 Å². The predicted molar refractivity (Wildman–Crippen MR) is 48.6 cm³/mol. The summed E-state index contributed by atoms with van der Waals surface area (Å²) in [6.45, 7) is 4.76. The van der Waals surface area contributed by atoms with E-state index in [-0.39, 0.29) is 12.3 Å². The number of carboxylic acid groups (broad SMARTS) is 1. The van der Waals surface area contributed by atoms with Crippen molar-refractivity contribution in [3.63, 3.8) is 0 Å². The van der Waals surface area contributed by atoms with E-state index in [1.807, 2.05) is 24.6 Å². The van der Waals surface area contributed by atoms with Gasteiger partial charge in [0.2, 0.25) is 0 Å². The number of hydrogen-bond donors (Lipinski definition) is 1. The summed E-state index contributed by atoms with van der Waals surface area (Å²) in [7, 11) is 0. The van der Waals surface area contributed by atoms with Crippen molar-refractivity contribution in [2.45, 2.75) is 32.7 Å². The molecule has 1 atom stereocenters. The van der Waals surface area contributed by atoms with Gasteiger partial charge in [0.15, 0.2) is 0 Å². The zero-order chi connectivity index (χ0) is 9.84. The zero-order valence-corrected chi connectivity index (χ0v) is 7.90. The Morgan fingerprint density at radius 1 is 1.77 bits per heavy atom. The van der Waals surface area contributed by atoms with Gasteiger partial charge >= 0.3 is 5.97 Å². The molecule has 0 aliphatic carbocycles. The second-order valence-electron chi connectivity index (χ2n) is 3.13. The highest BCUT2D eigenvalue weighted by atomic mass is 16.4. The van der Waals surface area contributed by atoms with Gasteiger partial charge in [-0.05, 0) is 6.92 Å². The third-order valence-electron chi connectivity index (χ3n) is 2.00. The Labute approximate surface area is 77.2 Å². The quantitative estimate of drug-likeness (QED) is 0.767. The highest BCUT2D eigenvalue weighted by Crippen LogP contribution is 2.16. The number of imidazole rings is 1. The molecule has 0 bridgehead atoms. The van der Waals surface area contributed by atoms with Crippen LogP contribution < -0.4 is 0 Å². The van der Waals surface area contributed by atoms with E-state index < -0.39 is 5.97 Å². The van der Waals surface area contributed by atoms with Crippen LogP contribution in [0.1, 0.15) is 31.9 Å². The van der Waals surface area contributed by atoms with Gasteiger partial charge < -0.3 is 9.67 Å². The van der Waals surface area contributed by atoms with E-state index in [9.17, 15) is 4.79 Å². The molecule has 1 unspecified atom stereocenters. The van der Waals surface area contributed by atoms with Gasteiger partial charge in [-0.25, -0.2) is 4.98 Å². The van der Waals surface area contributed by atoms with Gasteiger partial charge in [-0.3, -0.25) is 4.79 Å². The summed E-state index contributed by atoms with van der Waals surface area (Å²) in [6.07, 6.45) is 3.77. The van der Waals surface area contributed by atoms with E-state index in [1.54, 1.807) is 6.33 Å². The van der Waals surface area contributed by atoms with E-state index >= 15 is 0 Å². The number of aromatic nitrogens is 2. The minimum Gasteiger partial charge on any atom is -0.481 e. The fraction of sp³-hybridized carbons (Fsp3) is 0.556. The first-order valence-corrected chi connectivity index (χ1v) is 4.37. The Morgan fingerprint density at radius 3 is 2.92 bits per heavy atom. The maximum absolute atomic E-state index is 10.4. The van der Waals surface area contributed by atoms with Crippen LogP contribution in [0.5, 0.6) is 0 Å². The van der Waals surface area contributed by atoms with Crippen LogP contribution in [0.4, 0.5) is 0 Å². The number of rotatable bonds is 4. The van der Waals surface area contributed by atoms with E-state index in [4.69, 9.17) is 5.11 Å². The van der Waals surface area contributed by atoms with E-state index in [0.717, 1.165) is 12.2 Å². The van der Waals surface area contributed by atoms with Crippen LogP contribution in [-0.4, -0.2) is 20.6 Å². The largest absolute Gasteiger partial charge is 0.481 e. The van der Waals surface area contributed by atoms with Gasteiger partial charge in [0.1, 0.15) is 0 Å². The smallest absolute Gasteiger partial charge is 0.304 e. The summed E-state index contributed by atoms with van der Waals surface area (Å²) >= 11 is 0. The van der Waals surface area contributed by atoms with Crippen LogP contribution in [0, 0.1) is 0 Å². The van der Waals surface area contributed by atoms with E-state index in [2.05, 4.69) is 4.98 Å². The Hall–Kier alpha value is -1.32. The Bertz CT molecular complexity index is 294. The molecule has 4 nitrogen and oxygen atoms in total. The van der Waals surface area contributed by atoms with Gasteiger partial charge in [-0.2, -0.15) is 0 Å². The molecule has 0 aliphatic heterocycles. The van der Waals surface area contributed by atoms with Crippen LogP contribution in [0.25, 0.3) is 0 Å². The molecule has 0 spiro atoms. The number of nitrogens with zero attached hydrogens (tertiary/aromatic N) is 2. The summed E-state index contributed by atoms with van der Waals surface area (Å²) in [6, 6.07) is 0. The summed E-state index contributed by atoms with van der Waals surface area (Å²) in [5.74, 6) is -0.788. The maximum atomic E-state index is 10.4. The number of carbonyl (C=O) groups is 1. The molecule has 13 heavy (non-hydrogen) atoms. The summed E-state index contributed by atoms with van der Waals surface area (Å²) in [5, 5.41) is 8.57. The van der Waals surface area contributed by atoms with Crippen LogP contribution >= 0.6 is 0 Å². The highest BCUT2D eigenvalue weighted by Gasteiger charge is 2.12. The first kappa shape index (κ1) is 9.77. The maximum Gasteiger partial charge on any atom is 0.304 e. The predicted octanol–water partition coefficient (Wildman–Crippen LogP) is 1.48. The van der Waals surface area contributed by atoms with Gasteiger partial charge in [-0.1, -0.05) is 6.92 Å². The standard InChI is InChI=1S/C9H14N2O2/c1-3-11-5-8(10-6-11)7(2)4-9(12)13/h5-7H,3-4H2,1-2H3,(H,12,13). The number of carboxylic acids is 1. The lowest BCUT2D eigenvalue weighted by Crippen LogP contribution is -2.03. The van der Waals surface area contributed by atoms with Gasteiger partial charge in [0, 0.05) is 18.7 Å². The molecule has 0 radical (unpaired) electrons. The molecule has 1 rings (SSSR count). The van der Waals surface area contributed by atoms with Crippen molar-refractivity contribution in [3.05, 3.63) is 18.2 Å². The van der Waals surface area contributed by atoms with Crippen molar-refractivity contribution in [1.29, 1.82) is 0 Å². The molecule has 1 N–H and O–H groups in total. The van der Waals surface area contributed by atoms with E-state index in [0.29, 0.717) is 0 Å². The average molecular weight is 182 g/mol. The lowest BCUT2D eigenvalue weighted by molar-refractivity contribution is -0.137. The lowest BCUT2D eigenvalue weighted by atomic mass is 10.1. The summed E-state index contributed by atoms with van der Waals surface area (Å²) in [4.78, 5) is 14.6. The van der Waals surface area contributed by atoms with Gasteiger partial charge in [0.05, 0.1) is 18.4 Å². The average Bonchev–Trinajstić information content (AvgIpc) is 2.50. The Morgan fingerprint density at radius 2 is 2.46 bits per heavy atom. The molecule has 0 fully saturated rings. The topological polar surface area (TPSA) is 55.1 Å².